The van der Waals surface area contributed by atoms with E-state index in [9.17, 15) is 0 Å². The minimum atomic E-state index is -1.33. The Labute approximate surface area is 79.1 Å². The van der Waals surface area contributed by atoms with E-state index in [1.165, 1.54) is 12.6 Å². The van der Waals surface area contributed by atoms with Crippen LogP contribution in [0.3, 0.4) is 0 Å². The van der Waals surface area contributed by atoms with Crippen molar-refractivity contribution < 1.29 is 0 Å². The van der Waals surface area contributed by atoms with Crippen LogP contribution in [0.5, 0.6) is 0 Å². The molecule has 0 saturated carbocycles. The average Bonchev–Trinajstić information content (AvgIpc) is 1.86. The molecule has 0 aliphatic heterocycles. The molecule has 1 atom stereocenters. The van der Waals surface area contributed by atoms with Gasteiger partial charge in [0.05, 0.1) is 0 Å². The minimum absolute atomic E-state index is 0.854. The zero-order valence-corrected chi connectivity index (χ0v) is 10.9. The quantitative estimate of drug-likeness (QED) is 0.590. The summed E-state index contributed by atoms with van der Waals surface area (Å²) in [5, 5.41) is 0. The molecule has 0 amide bonds. The van der Waals surface area contributed by atoms with Crippen molar-refractivity contribution in [3.63, 3.8) is 0 Å². The van der Waals surface area contributed by atoms with Crippen LogP contribution in [0, 0.1) is 5.92 Å². The van der Waals surface area contributed by atoms with Gasteiger partial charge in [0.25, 0.3) is 0 Å². The van der Waals surface area contributed by atoms with Crippen LogP contribution in [-0.2, 0) is 0 Å². The first-order valence-corrected chi connectivity index (χ1v) is 9.06. The van der Waals surface area contributed by atoms with Crippen LogP contribution in [0.1, 0.15) is 34.1 Å². The molecule has 0 rings (SSSR count). The number of hydrogen-bond donors (Lipinski definition) is 0. The maximum absolute atomic E-state index is 2.54. The second kappa shape index (κ2) is 3.66. The standard InChI is InChI=1S/C11H27P/c1-8-11(10(3)4)12(5,6,7)9-2/h10-11H,8-9H2,1-7H3. The molecule has 1 unspecified atom stereocenters. The van der Waals surface area contributed by atoms with E-state index >= 15 is 0 Å². The molecule has 12 heavy (non-hydrogen) atoms. The predicted molar refractivity (Wildman–Crippen MR) is 64.2 cm³/mol. The molecule has 0 saturated heterocycles. The first kappa shape index (κ1) is 12.4. The fourth-order valence-electron chi connectivity index (χ4n) is 2.49. The summed E-state index contributed by atoms with van der Waals surface area (Å²) in [6, 6.07) is 0. The van der Waals surface area contributed by atoms with Crippen LogP contribution in [0.15, 0.2) is 0 Å². The van der Waals surface area contributed by atoms with Gasteiger partial charge < -0.3 is 0 Å². The van der Waals surface area contributed by atoms with Crippen LogP contribution < -0.4 is 0 Å². The molecule has 0 aromatic carbocycles. The molecule has 76 valence electrons. The van der Waals surface area contributed by atoms with Crippen molar-refractivity contribution in [1.29, 1.82) is 0 Å². The van der Waals surface area contributed by atoms with E-state index in [-0.39, 0.29) is 0 Å². The Morgan fingerprint density at radius 2 is 1.42 bits per heavy atom. The van der Waals surface area contributed by atoms with Gasteiger partial charge in [-0.2, -0.15) is 0 Å². The van der Waals surface area contributed by atoms with Crippen molar-refractivity contribution in [3.05, 3.63) is 0 Å². The summed E-state index contributed by atoms with van der Waals surface area (Å²) in [7, 11) is 0. The Morgan fingerprint density at radius 1 is 1.00 bits per heavy atom. The SMILES string of the molecule is CCC(C(C)C)P(C)(C)(C)CC. The molecule has 0 aliphatic rings. The molecular weight excluding hydrogens is 163 g/mol. The van der Waals surface area contributed by atoms with Gasteiger partial charge in [-0.1, -0.05) is 0 Å². The van der Waals surface area contributed by atoms with Gasteiger partial charge in [-0.3, -0.25) is 0 Å². The van der Waals surface area contributed by atoms with E-state index in [0.29, 0.717) is 0 Å². The summed E-state index contributed by atoms with van der Waals surface area (Å²) < 4.78 is 0. The van der Waals surface area contributed by atoms with Crippen molar-refractivity contribution in [3.8, 4) is 0 Å². The fraction of sp³-hybridized carbons (Fsp3) is 1.00. The first-order chi connectivity index (χ1) is 5.23. The Balaban J connectivity index is 4.70. The predicted octanol–water partition coefficient (Wildman–Crippen LogP) is 3.88. The monoisotopic (exact) mass is 190 g/mol. The van der Waals surface area contributed by atoms with Gasteiger partial charge >= 0.3 is 78.5 Å². The molecule has 0 radical (unpaired) electrons. The molecule has 0 heterocycles. The van der Waals surface area contributed by atoms with Gasteiger partial charge in [-0.05, 0) is 0 Å². The maximum atomic E-state index is 2.54. The van der Waals surface area contributed by atoms with Crippen molar-refractivity contribution in [2.24, 2.45) is 5.92 Å². The van der Waals surface area contributed by atoms with Crippen LogP contribution in [0.25, 0.3) is 0 Å². The molecule has 0 aromatic heterocycles. The number of rotatable bonds is 4. The third-order valence-corrected chi connectivity index (χ3v) is 9.23. The van der Waals surface area contributed by atoms with E-state index in [1.807, 2.05) is 0 Å². The molecule has 1 heteroatoms. The van der Waals surface area contributed by atoms with E-state index < -0.39 is 6.60 Å². The molecule has 0 N–H and O–H groups in total. The Hall–Kier alpha value is 0.430. The zero-order chi connectivity index (χ0) is 10.0. The van der Waals surface area contributed by atoms with Crippen LogP contribution in [-0.4, -0.2) is 31.8 Å². The third kappa shape index (κ3) is 2.73. The second-order valence-corrected chi connectivity index (χ2v) is 13.6. The van der Waals surface area contributed by atoms with Crippen molar-refractivity contribution in [2.75, 3.05) is 26.2 Å². The molecule has 0 aliphatic carbocycles. The van der Waals surface area contributed by atoms with Crippen LogP contribution in [0.4, 0.5) is 0 Å². The summed E-state index contributed by atoms with van der Waals surface area (Å²) in [5.41, 5.74) is 0.959. The molecular formula is C11H27P. The third-order valence-electron chi connectivity index (χ3n) is 3.55. The Bertz CT molecular complexity index is 139. The molecule has 0 spiro atoms. The van der Waals surface area contributed by atoms with Crippen molar-refractivity contribution in [1.82, 2.24) is 0 Å². The summed E-state index contributed by atoms with van der Waals surface area (Å²) in [5.74, 6) is 0.854. The molecule has 0 aromatic rings. The molecule has 0 bridgehead atoms. The number of hydrogen-bond acceptors (Lipinski definition) is 0. The van der Waals surface area contributed by atoms with Gasteiger partial charge in [-0.15, -0.1) is 0 Å². The summed E-state index contributed by atoms with van der Waals surface area (Å²) in [6.07, 6.45) is 2.75. The van der Waals surface area contributed by atoms with Crippen LogP contribution >= 0.6 is 6.60 Å². The Kier molecular flexibility index (Phi) is 3.79. The zero-order valence-electron chi connectivity index (χ0n) is 10.0. The summed E-state index contributed by atoms with van der Waals surface area (Å²) in [4.78, 5) is 0. The van der Waals surface area contributed by atoms with Gasteiger partial charge in [0, 0.05) is 0 Å². The van der Waals surface area contributed by atoms with Crippen molar-refractivity contribution >= 4 is 6.60 Å². The van der Waals surface area contributed by atoms with E-state index in [2.05, 4.69) is 47.7 Å². The fourth-order valence-corrected chi connectivity index (χ4v) is 6.52. The molecule has 0 nitrogen and oxygen atoms in total. The van der Waals surface area contributed by atoms with E-state index in [4.69, 9.17) is 0 Å². The van der Waals surface area contributed by atoms with Crippen molar-refractivity contribution in [2.45, 2.75) is 39.8 Å². The van der Waals surface area contributed by atoms with E-state index in [0.717, 1.165) is 11.6 Å². The van der Waals surface area contributed by atoms with Gasteiger partial charge in [0.15, 0.2) is 0 Å². The Morgan fingerprint density at radius 3 is 1.50 bits per heavy atom. The molecule has 0 fully saturated rings. The normalized spacial score (nSPS) is 18.8. The van der Waals surface area contributed by atoms with Gasteiger partial charge in [0.2, 0.25) is 0 Å². The van der Waals surface area contributed by atoms with Gasteiger partial charge in [0.1, 0.15) is 0 Å². The topological polar surface area (TPSA) is 0 Å². The average molecular weight is 190 g/mol. The van der Waals surface area contributed by atoms with E-state index in [1.54, 1.807) is 0 Å². The first-order valence-electron chi connectivity index (χ1n) is 5.23. The van der Waals surface area contributed by atoms with Gasteiger partial charge in [-0.25, -0.2) is 0 Å². The summed E-state index contributed by atoms with van der Waals surface area (Å²) >= 11 is 0. The second-order valence-electron chi connectivity index (χ2n) is 5.78. The summed E-state index contributed by atoms with van der Waals surface area (Å²) in [6.45, 7) is 15.8. The van der Waals surface area contributed by atoms with Crippen LogP contribution in [0.2, 0.25) is 0 Å².